The number of carbonyl (C=O) groups is 1. The summed E-state index contributed by atoms with van der Waals surface area (Å²) in [7, 11) is 0. The third-order valence-corrected chi connectivity index (χ3v) is 6.13. The number of pyridine rings is 1. The van der Waals surface area contributed by atoms with Crippen LogP contribution in [0.25, 0.3) is 10.2 Å². The molecule has 1 amide bonds. The molecule has 3 aromatic rings. The maximum atomic E-state index is 12.9. The van der Waals surface area contributed by atoms with Crippen LogP contribution < -0.4 is 4.90 Å². The molecule has 2 aromatic heterocycles. The Morgan fingerprint density at radius 3 is 2.54 bits per heavy atom. The van der Waals surface area contributed by atoms with Gasteiger partial charge in [0.05, 0.1) is 22.5 Å². The second kappa shape index (κ2) is 8.77. The molecule has 1 saturated heterocycles. The largest absolute Gasteiger partial charge is 0.295 e. The Bertz CT molecular complexity index is 888. The number of rotatable bonds is 6. The summed E-state index contributed by atoms with van der Waals surface area (Å²) in [6.45, 7) is 7.67. The van der Waals surface area contributed by atoms with E-state index in [1.165, 1.54) is 0 Å². The molecule has 1 aromatic carbocycles. The van der Waals surface area contributed by atoms with Crippen molar-refractivity contribution in [3.63, 3.8) is 0 Å². The van der Waals surface area contributed by atoms with Crippen molar-refractivity contribution in [3.8, 4) is 0 Å². The van der Waals surface area contributed by atoms with Gasteiger partial charge in [-0.25, -0.2) is 4.98 Å². The number of benzene rings is 1. The standard InChI is InChI=1S/C21H25N5OS/c1-2-26(21-23-18-8-3-4-9-19(18)28-21)20(27)16-25-13-11-24(12-14-25)15-17-7-5-6-10-22-17/h3-10H,2,11-16H2,1H3. The predicted octanol–water partition coefficient (Wildman–Crippen LogP) is 2.86. The van der Waals surface area contributed by atoms with Gasteiger partial charge in [-0.15, -0.1) is 0 Å². The fraction of sp³-hybridized carbons (Fsp3) is 0.381. The van der Waals surface area contributed by atoms with Crippen LogP contribution in [0.2, 0.25) is 0 Å². The van der Waals surface area contributed by atoms with Crippen molar-refractivity contribution in [2.45, 2.75) is 13.5 Å². The zero-order chi connectivity index (χ0) is 19.3. The van der Waals surface area contributed by atoms with Crippen molar-refractivity contribution in [3.05, 3.63) is 54.4 Å². The smallest absolute Gasteiger partial charge is 0.242 e. The summed E-state index contributed by atoms with van der Waals surface area (Å²) in [5.41, 5.74) is 2.05. The molecular weight excluding hydrogens is 370 g/mol. The van der Waals surface area contributed by atoms with Crippen LogP contribution in [0.5, 0.6) is 0 Å². The lowest BCUT2D eigenvalue weighted by Gasteiger charge is -2.34. The maximum Gasteiger partial charge on any atom is 0.242 e. The van der Waals surface area contributed by atoms with Crippen LogP contribution in [0.1, 0.15) is 12.6 Å². The van der Waals surface area contributed by atoms with Crippen LogP contribution in [0.4, 0.5) is 5.13 Å². The Morgan fingerprint density at radius 1 is 1.07 bits per heavy atom. The topological polar surface area (TPSA) is 52.6 Å². The molecule has 0 atom stereocenters. The van der Waals surface area contributed by atoms with E-state index >= 15 is 0 Å². The SMILES string of the molecule is CCN(C(=O)CN1CCN(Cc2ccccn2)CC1)c1nc2ccccc2s1. The van der Waals surface area contributed by atoms with Crippen molar-refractivity contribution in [1.29, 1.82) is 0 Å². The van der Waals surface area contributed by atoms with E-state index in [0.717, 1.165) is 53.8 Å². The number of hydrogen-bond acceptors (Lipinski definition) is 6. The average Bonchev–Trinajstić information content (AvgIpc) is 3.14. The van der Waals surface area contributed by atoms with E-state index in [9.17, 15) is 4.79 Å². The van der Waals surface area contributed by atoms with Gasteiger partial charge < -0.3 is 0 Å². The lowest BCUT2D eigenvalue weighted by atomic mass is 10.2. The molecule has 0 aliphatic carbocycles. The molecule has 1 aliphatic heterocycles. The minimum Gasteiger partial charge on any atom is -0.295 e. The van der Waals surface area contributed by atoms with E-state index in [2.05, 4.69) is 31.9 Å². The van der Waals surface area contributed by atoms with Gasteiger partial charge in [0.25, 0.3) is 0 Å². The molecule has 0 saturated carbocycles. The predicted molar refractivity (Wildman–Crippen MR) is 114 cm³/mol. The van der Waals surface area contributed by atoms with E-state index in [0.29, 0.717) is 13.1 Å². The van der Waals surface area contributed by atoms with Gasteiger partial charge in [0.15, 0.2) is 5.13 Å². The minimum absolute atomic E-state index is 0.125. The fourth-order valence-electron chi connectivity index (χ4n) is 3.50. The minimum atomic E-state index is 0.125. The fourth-order valence-corrected chi connectivity index (χ4v) is 4.54. The van der Waals surface area contributed by atoms with Gasteiger partial charge >= 0.3 is 0 Å². The second-order valence-electron chi connectivity index (χ2n) is 6.98. The van der Waals surface area contributed by atoms with Gasteiger partial charge in [-0.3, -0.25) is 24.5 Å². The number of hydrogen-bond donors (Lipinski definition) is 0. The normalized spacial score (nSPS) is 15.8. The summed E-state index contributed by atoms with van der Waals surface area (Å²) in [5, 5.41) is 0.794. The summed E-state index contributed by atoms with van der Waals surface area (Å²) in [5.74, 6) is 0.125. The maximum absolute atomic E-state index is 12.9. The number of para-hydroxylation sites is 1. The van der Waals surface area contributed by atoms with Gasteiger partial charge in [-0.1, -0.05) is 29.5 Å². The molecule has 1 fully saturated rings. The van der Waals surface area contributed by atoms with E-state index in [1.807, 2.05) is 48.4 Å². The van der Waals surface area contributed by atoms with Crippen molar-refractivity contribution in [2.24, 2.45) is 0 Å². The molecule has 6 nitrogen and oxygen atoms in total. The van der Waals surface area contributed by atoms with Gasteiger partial charge in [0.1, 0.15) is 0 Å². The molecule has 0 unspecified atom stereocenters. The molecule has 1 aliphatic rings. The molecule has 4 rings (SSSR count). The number of piperazine rings is 1. The van der Waals surface area contributed by atoms with Crippen LogP contribution >= 0.6 is 11.3 Å². The van der Waals surface area contributed by atoms with Crippen LogP contribution in [0.15, 0.2) is 48.7 Å². The van der Waals surface area contributed by atoms with Crippen LogP contribution in [-0.4, -0.2) is 64.9 Å². The second-order valence-corrected chi connectivity index (χ2v) is 7.98. The number of anilines is 1. The molecule has 0 radical (unpaired) electrons. The summed E-state index contributed by atoms with van der Waals surface area (Å²) in [6.07, 6.45) is 1.84. The first-order valence-corrected chi connectivity index (χ1v) is 10.5. The highest BCUT2D eigenvalue weighted by Gasteiger charge is 2.23. The number of nitrogens with zero attached hydrogens (tertiary/aromatic N) is 5. The van der Waals surface area contributed by atoms with Gasteiger partial charge in [0, 0.05) is 45.5 Å². The summed E-state index contributed by atoms with van der Waals surface area (Å²) < 4.78 is 1.12. The van der Waals surface area contributed by atoms with E-state index < -0.39 is 0 Å². The van der Waals surface area contributed by atoms with Gasteiger partial charge in [-0.05, 0) is 31.2 Å². The zero-order valence-electron chi connectivity index (χ0n) is 16.1. The molecule has 0 spiro atoms. The highest BCUT2D eigenvalue weighted by Crippen LogP contribution is 2.28. The molecular formula is C21H25N5OS. The van der Waals surface area contributed by atoms with Crippen molar-refractivity contribution in [2.75, 3.05) is 44.2 Å². The van der Waals surface area contributed by atoms with E-state index in [4.69, 9.17) is 0 Å². The van der Waals surface area contributed by atoms with E-state index in [1.54, 1.807) is 11.3 Å². The first kappa shape index (κ1) is 19.0. The Labute approximate surface area is 169 Å². The molecule has 0 N–H and O–H groups in total. The summed E-state index contributed by atoms with van der Waals surface area (Å²) in [6, 6.07) is 14.1. The number of carbonyl (C=O) groups excluding carboxylic acids is 1. The van der Waals surface area contributed by atoms with E-state index in [-0.39, 0.29) is 5.91 Å². The van der Waals surface area contributed by atoms with Crippen LogP contribution in [0.3, 0.4) is 0 Å². The number of thiazole rings is 1. The third-order valence-electron chi connectivity index (χ3n) is 5.07. The highest BCUT2D eigenvalue weighted by molar-refractivity contribution is 7.22. The van der Waals surface area contributed by atoms with Gasteiger partial charge in [0.2, 0.25) is 5.91 Å². The quantitative estimate of drug-likeness (QED) is 0.642. The highest BCUT2D eigenvalue weighted by atomic mass is 32.1. The van der Waals surface area contributed by atoms with Gasteiger partial charge in [-0.2, -0.15) is 0 Å². The van der Waals surface area contributed by atoms with Crippen molar-refractivity contribution < 1.29 is 4.79 Å². The first-order valence-electron chi connectivity index (χ1n) is 9.73. The molecule has 3 heterocycles. The summed E-state index contributed by atoms with van der Waals surface area (Å²) in [4.78, 5) is 28.4. The Morgan fingerprint density at radius 2 is 1.82 bits per heavy atom. The summed E-state index contributed by atoms with van der Waals surface area (Å²) >= 11 is 1.58. The van der Waals surface area contributed by atoms with Crippen LogP contribution in [0, 0.1) is 0 Å². The lowest BCUT2D eigenvalue weighted by molar-refractivity contribution is -0.120. The first-order chi connectivity index (χ1) is 13.7. The molecule has 28 heavy (non-hydrogen) atoms. The third kappa shape index (κ3) is 4.38. The van der Waals surface area contributed by atoms with Crippen LogP contribution in [-0.2, 0) is 11.3 Å². The number of likely N-dealkylation sites (N-methyl/N-ethyl adjacent to an activating group) is 1. The Hall–Kier alpha value is -2.35. The zero-order valence-corrected chi connectivity index (χ0v) is 16.9. The monoisotopic (exact) mass is 395 g/mol. The molecule has 7 heteroatoms. The average molecular weight is 396 g/mol. The number of amides is 1. The Balaban J connectivity index is 1.33. The molecule has 0 bridgehead atoms. The van der Waals surface area contributed by atoms with Crippen molar-refractivity contribution in [1.82, 2.24) is 19.8 Å². The molecule has 146 valence electrons. The number of fused-ring (bicyclic) bond motifs is 1. The Kier molecular flexibility index (Phi) is 5.95. The number of aromatic nitrogens is 2. The lowest BCUT2D eigenvalue weighted by Crippen LogP contribution is -2.49. The van der Waals surface area contributed by atoms with Crippen molar-refractivity contribution >= 4 is 32.6 Å².